The number of nitrogens with zero attached hydrogens (tertiary/aromatic N) is 1. The number of benzene rings is 1. The number of amides is 1. The number of ether oxygens (including phenoxy) is 2. The van der Waals surface area contributed by atoms with Gasteiger partial charge in [0, 0.05) is 32.6 Å². The topological polar surface area (TPSA) is 50.8 Å². The van der Waals surface area contributed by atoms with E-state index < -0.39 is 11.2 Å². The molecule has 4 rings (SSSR count). The molecule has 0 radical (unpaired) electrons. The quantitative estimate of drug-likeness (QED) is 0.890. The molecule has 0 aliphatic carbocycles. The van der Waals surface area contributed by atoms with E-state index in [1.54, 1.807) is 0 Å². The van der Waals surface area contributed by atoms with E-state index >= 15 is 0 Å². The minimum absolute atomic E-state index is 0.0900. The van der Waals surface area contributed by atoms with E-state index in [1.807, 2.05) is 6.07 Å². The van der Waals surface area contributed by atoms with Gasteiger partial charge in [-0.1, -0.05) is 30.3 Å². The maximum Gasteiger partial charge on any atom is 0.233 e. The Bertz CT molecular complexity index is 556. The van der Waals surface area contributed by atoms with Crippen molar-refractivity contribution in [2.75, 3.05) is 32.8 Å². The zero-order valence-electron chi connectivity index (χ0n) is 12.7. The van der Waals surface area contributed by atoms with Crippen LogP contribution >= 0.6 is 0 Å². The summed E-state index contributed by atoms with van der Waals surface area (Å²) in [5, 5.41) is 2.99. The van der Waals surface area contributed by atoms with Gasteiger partial charge in [-0.15, -0.1) is 0 Å². The van der Waals surface area contributed by atoms with Crippen molar-refractivity contribution in [3.8, 4) is 0 Å². The molecule has 3 saturated heterocycles. The van der Waals surface area contributed by atoms with Gasteiger partial charge in [0.05, 0.1) is 13.2 Å². The van der Waals surface area contributed by atoms with Crippen LogP contribution in [0.2, 0.25) is 0 Å². The minimum atomic E-state index is -0.708. The van der Waals surface area contributed by atoms with Gasteiger partial charge in [-0.05, 0) is 12.0 Å². The summed E-state index contributed by atoms with van der Waals surface area (Å²) in [5.41, 5.74) is 0.719. The molecule has 3 aliphatic rings. The fourth-order valence-electron chi connectivity index (χ4n) is 4.16. The molecule has 1 atom stereocenters. The zero-order valence-corrected chi connectivity index (χ0v) is 12.7. The van der Waals surface area contributed by atoms with E-state index in [0.717, 1.165) is 25.9 Å². The van der Waals surface area contributed by atoms with Gasteiger partial charge in [0.25, 0.3) is 0 Å². The highest BCUT2D eigenvalue weighted by Crippen LogP contribution is 2.49. The second-order valence-electron chi connectivity index (χ2n) is 6.48. The number of likely N-dealkylation sites (tertiary alicyclic amines) is 1. The Morgan fingerprint density at radius 3 is 2.59 bits per heavy atom. The van der Waals surface area contributed by atoms with Gasteiger partial charge in [0.15, 0.2) is 5.79 Å². The number of rotatable bonds is 2. The van der Waals surface area contributed by atoms with Crippen LogP contribution in [0.25, 0.3) is 0 Å². The lowest BCUT2D eigenvalue weighted by Crippen LogP contribution is -2.63. The largest absolute Gasteiger partial charge is 0.355 e. The van der Waals surface area contributed by atoms with Gasteiger partial charge in [-0.2, -0.15) is 0 Å². The number of nitrogens with one attached hydrogen (secondary N) is 1. The molecule has 5 heteroatoms. The predicted molar refractivity (Wildman–Crippen MR) is 81.0 cm³/mol. The Balaban J connectivity index is 1.59. The number of hydrogen-bond acceptors (Lipinski definition) is 4. The highest BCUT2D eigenvalue weighted by Gasteiger charge is 2.64. The standard InChI is InChI=1S/C17H22N2O3/c20-15-16(6-8-18-15)13-19(12-14-4-2-1-3-5-14)9-7-17(16)21-10-11-22-17/h1-5H,6-13H2,(H,18,20). The molecule has 3 heterocycles. The summed E-state index contributed by atoms with van der Waals surface area (Å²) in [7, 11) is 0. The number of carbonyl (C=O) groups excluding carboxylic acids is 1. The zero-order chi connectivity index (χ0) is 15.0. The third-order valence-electron chi connectivity index (χ3n) is 5.25. The van der Waals surface area contributed by atoms with Crippen LogP contribution < -0.4 is 5.32 Å². The molecule has 1 amide bonds. The summed E-state index contributed by atoms with van der Waals surface area (Å²) < 4.78 is 12.0. The van der Waals surface area contributed by atoms with Crippen LogP contribution in [0, 0.1) is 5.41 Å². The van der Waals surface area contributed by atoms with Crippen LogP contribution in [0.5, 0.6) is 0 Å². The van der Waals surface area contributed by atoms with Gasteiger partial charge >= 0.3 is 0 Å². The molecule has 118 valence electrons. The molecule has 2 spiro atoms. The third kappa shape index (κ3) is 2.07. The van der Waals surface area contributed by atoms with Crippen molar-refractivity contribution in [1.82, 2.24) is 10.2 Å². The second-order valence-corrected chi connectivity index (χ2v) is 6.48. The Labute approximate surface area is 130 Å². The average Bonchev–Trinajstić information content (AvgIpc) is 3.14. The predicted octanol–water partition coefficient (Wildman–Crippen LogP) is 1.14. The summed E-state index contributed by atoms with van der Waals surface area (Å²) in [5.74, 6) is -0.618. The lowest BCUT2D eigenvalue weighted by Gasteiger charge is -2.49. The molecular weight excluding hydrogens is 280 g/mol. The highest BCUT2D eigenvalue weighted by atomic mass is 16.7. The summed E-state index contributed by atoms with van der Waals surface area (Å²) in [4.78, 5) is 15.0. The van der Waals surface area contributed by atoms with Crippen molar-refractivity contribution in [1.29, 1.82) is 0 Å². The van der Waals surface area contributed by atoms with E-state index in [-0.39, 0.29) is 5.91 Å². The molecule has 1 aromatic rings. The van der Waals surface area contributed by atoms with Crippen molar-refractivity contribution in [2.24, 2.45) is 5.41 Å². The van der Waals surface area contributed by atoms with Crippen LogP contribution in [0.1, 0.15) is 18.4 Å². The maximum atomic E-state index is 12.6. The fourth-order valence-corrected chi connectivity index (χ4v) is 4.16. The highest BCUT2D eigenvalue weighted by molar-refractivity contribution is 5.86. The van der Waals surface area contributed by atoms with Crippen molar-refractivity contribution >= 4 is 5.91 Å². The van der Waals surface area contributed by atoms with Crippen molar-refractivity contribution < 1.29 is 14.3 Å². The first-order valence-corrected chi connectivity index (χ1v) is 8.07. The van der Waals surface area contributed by atoms with Crippen LogP contribution in [0.3, 0.4) is 0 Å². The molecule has 1 aromatic carbocycles. The van der Waals surface area contributed by atoms with Crippen LogP contribution in [0.15, 0.2) is 30.3 Å². The van der Waals surface area contributed by atoms with Crippen molar-refractivity contribution in [2.45, 2.75) is 25.2 Å². The Hall–Kier alpha value is -1.43. The molecular formula is C17H22N2O3. The molecule has 5 nitrogen and oxygen atoms in total. The molecule has 1 unspecified atom stereocenters. The molecule has 0 aromatic heterocycles. The van der Waals surface area contributed by atoms with E-state index in [9.17, 15) is 4.79 Å². The molecule has 3 fully saturated rings. The van der Waals surface area contributed by atoms with Gasteiger partial charge in [0.2, 0.25) is 5.91 Å². The van der Waals surface area contributed by atoms with Crippen LogP contribution in [0.4, 0.5) is 0 Å². The Kier molecular flexibility index (Phi) is 3.44. The SMILES string of the molecule is O=C1NCCC12CN(Cc1ccccc1)CCC21OCCO1. The molecule has 22 heavy (non-hydrogen) atoms. The Morgan fingerprint density at radius 1 is 1.14 bits per heavy atom. The summed E-state index contributed by atoms with van der Waals surface area (Å²) in [6.45, 7) is 4.36. The number of fused-ring (bicyclic) bond motifs is 1. The summed E-state index contributed by atoms with van der Waals surface area (Å²) in [6.07, 6.45) is 1.55. The molecule has 0 saturated carbocycles. The first kappa shape index (κ1) is 14.2. The number of piperidine rings is 1. The number of carbonyl (C=O) groups is 1. The lowest BCUT2D eigenvalue weighted by molar-refractivity contribution is -0.255. The van der Waals surface area contributed by atoms with Gasteiger partial charge < -0.3 is 14.8 Å². The van der Waals surface area contributed by atoms with Gasteiger partial charge in [-0.25, -0.2) is 0 Å². The van der Waals surface area contributed by atoms with E-state index in [1.165, 1.54) is 5.56 Å². The fraction of sp³-hybridized carbons (Fsp3) is 0.588. The first-order valence-electron chi connectivity index (χ1n) is 8.07. The van der Waals surface area contributed by atoms with Crippen molar-refractivity contribution in [3.05, 3.63) is 35.9 Å². The third-order valence-corrected chi connectivity index (χ3v) is 5.25. The lowest BCUT2D eigenvalue weighted by atomic mass is 9.72. The Morgan fingerprint density at radius 2 is 1.91 bits per heavy atom. The second kappa shape index (κ2) is 5.33. The molecule has 0 bridgehead atoms. The van der Waals surface area contributed by atoms with Crippen LogP contribution in [-0.2, 0) is 20.8 Å². The smallest absolute Gasteiger partial charge is 0.233 e. The minimum Gasteiger partial charge on any atom is -0.355 e. The maximum absolute atomic E-state index is 12.6. The molecule has 3 aliphatic heterocycles. The monoisotopic (exact) mass is 302 g/mol. The normalized spacial score (nSPS) is 31.0. The first-order chi connectivity index (χ1) is 10.7. The number of hydrogen-bond donors (Lipinski definition) is 1. The van der Waals surface area contributed by atoms with E-state index in [4.69, 9.17) is 9.47 Å². The molecule has 1 N–H and O–H groups in total. The van der Waals surface area contributed by atoms with Gasteiger partial charge in [-0.3, -0.25) is 9.69 Å². The van der Waals surface area contributed by atoms with E-state index in [2.05, 4.69) is 34.5 Å². The average molecular weight is 302 g/mol. The summed E-state index contributed by atoms with van der Waals surface area (Å²) >= 11 is 0. The van der Waals surface area contributed by atoms with Crippen LogP contribution in [-0.4, -0.2) is 49.4 Å². The van der Waals surface area contributed by atoms with Crippen molar-refractivity contribution in [3.63, 3.8) is 0 Å². The van der Waals surface area contributed by atoms with Gasteiger partial charge in [0.1, 0.15) is 5.41 Å². The summed E-state index contributed by atoms with van der Waals surface area (Å²) in [6, 6.07) is 10.4. The van der Waals surface area contributed by atoms with E-state index in [0.29, 0.717) is 26.3 Å².